The highest BCUT2D eigenvalue weighted by Crippen LogP contribution is 2.30. The lowest BCUT2D eigenvalue weighted by molar-refractivity contribution is 0.0359. The maximum Gasteiger partial charge on any atom is 0.250 e. The Hall–Kier alpha value is -1.99. The van der Waals surface area contributed by atoms with Crippen molar-refractivity contribution >= 4 is 11.6 Å². The summed E-state index contributed by atoms with van der Waals surface area (Å²) in [4.78, 5) is 4.69. The van der Waals surface area contributed by atoms with Crippen molar-refractivity contribution in [3.8, 4) is 0 Å². The number of morpholine rings is 1. The number of ether oxygens (including phenoxy) is 1. The monoisotopic (exact) mass is 328 g/mol. The summed E-state index contributed by atoms with van der Waals surface area (Å²) in [6.07, 6.45) is 3.50. The van der Waals surface area contributed by atoms with E-state index in [1.807, 2.05) is 4.68 Å². The second-order valence-electron chi connectivity index (χ2n) is 6.39. The van der Waals surface area contributed by atoms with Crippen LogP contribution in [0.15, 0.2) is 24.3 Å². The van der Waals surface area contributed by atoms with Crippen molar-refractivity contribution in [1.29, 1.82) is 0 Å². The number of anilines is 2. The van der Waals surface area contributed by atoms with E-state index in [2.05, 4.69) is 49.6 Å². The number of nitrogens with zero attached hydrogens (tertiary/aromatic N) is 6. The Bertz CT molecular complexity index is 667. The first-order valence-corrected chi connectivity index (χ1v) is 8.83. The third-order valence-electron chi connectivity index (χ3n) is 4.85. The zero-order valence-electron chi connectivity index (χ0n) is 14.0. The topological polar surface area (TPSA) is 59.3 Å². The molecule has 4 rings (SSSR count). The van der Waals surface area contributed by atoms with Crippen LogP contribution in [0.1, 0.15) is 18.4 Å². The molecule has 0 N–H and O–H groups in total. The molecule has 0 spiro atoms. The first-order chi connectivity index (χ1) is 11.9. The van der Waals surface area contributed by atoms with Gasteiger partial charge < -0.3 is 9.64 Å². The van der Waals surface area contributed by atoms with Gasteiger partial charge in [-0.1, -0.05) is 23.3 Å². The van der Waals surface area contributed by atoms with Gasteiger partial charge in [-0.15, -0.1) is 0 Å². The average molecular weight is 328 g/mol. The van der Waals surface area contributed by atoms with Crippen LogP contribution >= 0.6 is 0 Å². The molecule has 0 saturated carbocycles. The second-order valence-corrected chi connectivity index (χ2v) is 6.39. The van der Waals surface area contributed by atoms with Crippen LogP contribution in [0.4, 0.5) is 11.6 Å². The third kappa shape index (κ3) is 3.27. The molecule has 1 aromatic heterocycles. The van der Waals surface area contributed by atoms with Crippen LogP contribution in [0, 0.1) is 0 Å². The largest absolute Gasteiger partial charge is 0.379 e. The first kappa shape index (κ1) is 15.5. The normalized spacial score (nSPS) is 19.1. The SMILES string of the molecule is c1ccc2c(c1)CCCCN2c1nnnn1CCN1CCOCC1. The number of aryl methyl sites for hydroxylation is 1. The standard InChI is InChI=1S/C17H24N6O/c1-2-7-16-15(5-1)6-3-4-8-22(16)17-18-19-20-23(17)10-9-21-11-13-24-14-12-21/h1-2,5,7H,3-4,6,8-14H2. The van der Waals surface area contributed by atoms with Gasteiger partial charge in [0.15, 0.2) is 0 Å². The third-order valence-corrected chi connectivity index (χ3v) is 4.85. The second kappa shape index (κ2) is 7.27. The Labute approximate surface area is 142 Å². The molecule has 2 aliphatic heterocycles. The van der Waals surface area contributed by atoms with Gasteiger partial charge in [0.05, 0.1) is 19.8 Å². The predicted molar refractivity (Wildman–Crippen MR) is 91.5 cm³/mol. The van der Waals surface area contributed by atoms with Crippen LogP contribution in [-0.4, -0.2) is 64.5 Å². The molecular weight excluding hydrogens is 304 g/mol. The number of fused-ring (bicyclic) bond motifs is 1. The maximum absolute atomic E-state index is 5.41. The molecule has 3 heterocycles. The molecule has 2 aliphatic rings. The number of aromatic nitrogens is 4. The summed E-state index contributed by atoms with van der Waals surface area (Å²) in [5.74, 6) is 0.859. The molecule has 24 heavy (non-hydrogen) atoms. The molecule has 2 aromatic rings. The molecule has 7 heteroatoms. The van der Waals surface area contributed by atoms with Crippen molar-refractivity contribution < 1.29 is 4.74 Å². The fourth-order valence-corrected chi connectivity index (χ4v) is 3.50. The fourth-order valence-electron chi connectivity index (χ4n) is 3.50. The summed E-state index contributed by atoms with van der Waals surface area (Å²) in [5, 5.41) is 12.5. The molecule has 0 amide bonds. The van der Waals surface area contributed by atoms with E-state index in [1.165, 1.54) is 17.7 Å². The van der Waals surface area contributed by atoms with E-state index in [0.717, 1.165) is 64.7 Å². The van der Waals surface area contributed by atoms with E-state index < -0.39 is 0 Å². The molecule has 1 saturated heterocycles. The number of rotatable bonds is 4. The Kier molecular flexibility index (Phi) is 4.71. The molecule has 0 bridgehead atoms. The number of benzene rings is 1. The van der Waals surface area contributed by atoms with Crippen LogP contribution in [0.25, 0.3) is 0 Å². The first-order valence-electron chi connectivity index (χ1n) is 8.83. The molecule has 7 nitrogen and oxygen atoms in total. The average Bonchev–Trinajstić information content (AvgIpc) is 2.99. The molecule has 0 unspecified atom stereocenters. The number of hydrogen-bond donors (Lipinski definition) is 0. The Morgan fingerprint density at radius 2 is 1.88 bits per heavy atom. The van der Waals surface area contributed by atoms with E-state index >= 15 is 0 Å². The highest BCUT2D eigenvalue weighted by molar-refractivity contribution is 5.62. The van der Waals surface area contributed by atoms with Crippen LogP contribution in [0.3, 0.4) is 0 Å². The van der Waals surface area contributed by atoms with E-state index in [4.69, 9.17) is 4.74 Å². The van der Waals surface area contributed by atoms with Gasteiger partial charge in [-0.05, 0) is 41.3 Å². The fraction of sp³-hybridized carbons (Fsp3) is 0.588. The highest BCUT2D eigenvalue weighted by Gasteiger charge is 2.22. The van der Waals surface area contributed by atoms with Crippen molar-refractivity contribution in [2.24, 2.45) is 0 Å². The van der Waals surface area contributed by atoms with Gasteiger partial charge in [0.2, 0.25) is 5.95 Å². The lowest BCUT2D eigenvalue weighted by atomic mass is 10.1. The quantitative estimate of drug-likeness (QED) is 0.847. The van der Waals surface area contributed by atoms with Gasteiger partial charge in [-0.3, -0.25) is 4.90 Å². The van der Waals surface area contributed by atoms with E-state index in [-0.39, 0.29) is 0 Å². The lowest BCUT2D eigenvalue weighted by Crippen LogP contribution is -2.38. The summed E-state index contributed by atoms with van der Waals surface area (Å²) in [6.45, 7) is 6.35. The van der Waals surface area contributed by atoms with Crippen molar-refractivity contribution in [2.75, 3.05) is 44.3 Å². The summed E-state index contributed by atoms with van der Waals surface area (Å²) in [7, 11) is 0. The van der Waals surface area contributed by atoms with Crippen molar-refractivity contribution in [3.05, 3.63) is 29.8 Å². The molecule has 128 valence electrons. The van der Waals surface area contributed by atoms with Crippen molar-refractivity contribution in [2.45, 2.75) is 25.8 Å². The van der Waals surface area contributed by atoms with Gasteiger partial charge in [0.25, 0.3) is 0 Å². The smallest absolute Gasteiger partial charge is 0.250 e. The van der Waals surface area contributed by atoms with Crippen molar-refractivity contribution in [1.82, 2.24) is 25.1 Å². The minimum absolute atomic E-state index is 0.807. The Morgan fingerprint density at radius 1 is 1.00 bits per heavy atom. The van der Waals surface area contributed by atoms with Gasteiger partial charge in [0.1, 0.15) is 0 Å². The molecule has 0 radical (unpaired) electrons. The lowest BCUT2D eigenvalue weighted by Gasteiger charge is -2.27. The zero-order valence-corrected chi connectivity index (χ0v) is 14.0. The van der Waals surface area contributed by atoms with E-state index in [0.29, 0.717) is 0 Å². The van der Waals surface area contributed by atoms with Crippen LogP contribution in [-0.2, 0) is 17.7 Å². The van der Waals surface area contributed by atoms with Crippen molar-refractivity contribution in [3.63, 3.8) is 0 Å². The zero-order chi connectivity index (χ0) is 16.2. The summed E-state index contributed by atoms with van der Waals surface area (Å²) in [6, 6.07) is 8.61. The summed E-state index contributed by atoms with van der Waals surface area (Å²) < 4.78 is 7.35. The van der Waals surface area contributed by atoms with Crippen LogP contribution in [0.2, 0.25) is 0 Å². The number of hydrogen-bond acceptors (Lipinski definition) is 6. The molecule has 0 atom stereocenters. The maximum atomic E-state index is 5.41. The summed E-state index contributed by atoms with van der Waals surface area (Å²) in [5.41, 5.74) is 2.63. The molecule has 0 aliphatic carbocycles. The Morgan fingerprint density at radius 3 is 2.79 bits per heavy atom. The minimum atomic E-state index is 0.807. The number of para-hydroxylation sites is 1. The van der Waals surface area contributed by atoms with E-state index in [9.17, 15) is 0 Å². The summed E-state index contributed by atoms with van der Waals surface area (Å²) >= 11 is 0. The van der Waals surface area contributed by atoms with Crippen LogP contribution in [0.5, 0.6) is 0 Å². The minimum Gasteiger partial charge on any atom is -0.379 e. The molecular formula is C17H24N6O. The molecule has 1 aromatic carbocycles. The number of tetrazole rings is 1. The Balaban J connectivity index is 1.53. The van der Waals surface area contributed by atoms with Gasteiger partial charge in [-0.25, -0.2) is 4.68 Å². The highest BCUT2D eigenvalue weighted by atomic mass is 16.5. The van der Waals surface area contributed by atoms with Gasteiger partial charge in [0, 0.05) is 31.9 Å². The molecule has 1 fully saturated rings. The van der Waals surface area contributed by atoms with Gasteiger partial charge in [-0.2, -0.15) is 0 Å². The van der Waals surface area contributed by atoms with Crippen LogP contribution < -0.4 is 4.90 Å². The van der Waals surface area contributed by atoms with E-state index in [1.54, 1.807) is 0 Å². The van der Waals surface area contributed by atoms with Gasteiger partial charge >= 0.3 is 0 Å². The predicted octanol–water partition coefficient (Wildman–Crippen LogP) is 1.48.